The molecule has 112 valence electrons. The molecule has 0 bridgehead atoms. The van der Waals surface area contributed by atoms with Crippen molar-refractivity contribution < 1.29 is 0 Å². The molecular weight excluding hydrogens is 312 g/mol. The lowest BCUT2D eigenvalue weighted by atomic mass is 9.85. The summed E-state index contributed by atoms with van der Waals surface area (Å²) in [6.45, 7) is 9.26. The van der Waals surface area contributed by atoms with Crippen molar-refractivity contribution in [2.24, 2.45) is 17.6 Å². The minimum Gasteiger partial charge on any atom is -0.326 e. The van der Waals surface area contributed by atoms with E-state index < -0.39 is 0 Å². The van der Waals surface area contributed by atoms with Gasteiger partial charge >= 0.3 is 0 Å². The number of halogens is 1. The molecule has 1 fully saturated rings. The molecule has 1 aliphatic heterocycles. The predicted molar refractivity (Wildman–Crippen MR) is 89.7 cm³/mol. The van der Waals surface area contributed by atoms with Crippen LogP contribution in [-0.2, 0) is 0 Å². The van der Waals surface area contributed by atoms with Gasteiger partial charge in [0.15, 0.2) is 0 Å². The molecule has 2 rings (SSSR count). The fourth-order valence-corrected chi connectivity index (χ4v) is 3.42. The lowest BCUT2D eigenvalue weighted by Crippen LogP contribution is -2.46. The molecule has 2 N–H and O–H groups in total. The van der Waals surface area contributed by atoms with Gasteiger partial charge in [0.2, 0.25) is 0 Å². The van der Waals surface area contributed by atoms with Crippen LogP contribution in [0.25, 0.3) is 0 Å². The third kappa shape index (κ3) is 3.63. The fourth-order valence-electron chi connectivity index (χ4n) is 3.16. The van der Waals surface area contributed by atoms with Gasteiger partial charge in [-0.1, -0.05) is 48.8 Å². The highest BCUT2D eigenvalue weighted by atomic mass is 79.9. The van der Waals surface area contributed by atoms with E-state index in [9.17, 15) is 0 Å². The summed E-state index contributed by atoms with van der Waals surface area (Å²) in [6, 6.07) is 9.24. The third-order valence-corrected chi connectivity index (χ3v) is 5.38. The van der Waals surface area contributed by atoms with E-state index in [4.69, 9.17) is 5.73 Å². The molecule has 0 amide bonds. The highest BCUT2D eigenvalue weighted by Crippen LogP contribution is 2.32. The first-order valence-corrected chi connectivity index (χ1v) is 8.57. The molecule has 0 aromatic heterocycles. The van der Waals surface area contributed by atoms with Crippen molar-refractivity contribution in [3.8, 4) is 0 Å². The van der Waals surface area contributed by atoms with Crippen molar-refractivity contribution in [2.45, 2.75) is 45.7 Å². The Morgan fingerprint density at radius 3 is 2.45 bits per heavy atom. The normalized spacial score (nSPS) is 27.2. The van der Waals surface area contributed by atoms with E-state index in [2.05, 4.69) is 65.9 Å². The van der Waals surface area contributed by atoms with E-state index in [1.807, 2.05) is 0 Å². The monoisotopic (exact) mass is 338 g/mol. The largest absolute Gasteiger partial charge is 0.326 e. The summed E-state index contributed by atoms with van der Waals surface area (Å²) >= 11 is 3.52. The summed E-state index contributed by atoms with van der Waals surface area (Å²) in [5.74, 6) is 1.58. The van der Waals surface area contributed by atoms with Gasteiger partial charge in [0.05, 0.1) is 0 Å². The molecule has 0 saturated carbocycles. The van der Waals surface area contributed by atoms with Crippen molar-refractivity contribution in [3.05, 3.63) is 34.3 Å². The third-order valence-electron chi connectivity index (χ3n) is 4.85. The van der Waals surface area contributed by atoms with E-state index in [0.717, 1.165) is 29.3 Å². The maximum Gasteiger partial charge on any atom is 0.0499 e. The first kappa shape index (κ1) is 16.0. The van der Waals surface area contributed by atoms with Gasteiger partial charge in [0.25, 0.3) is 0 Å². The first-order chi connectivity index (χ1) is 9.52. The number of nitrogens with zero attached hydrogens (tertiary/aromatic N) is 1. The number of hydrogen-bond donors (Lipinski definition) is 1. The standard InChI is InChI=1S/C17H27BrN2/c1-4-16(19)17(14-5-7-15(18)8-6-14)20-10-9-12(2)13(3)11-20/h5-8,12-13,16-17H,4,9-11,19H2,1-3H3. The Morgan fingerprint density at radius 1 is 1.25 bits per heavy atom. The number of piperidine rings is 1. The van der Waals surface area contributed by atoms with Crippen LogP contribution in [-0.4, -0.2) is 24.0 Å². The van der Waals surface area contributed by atoms with E-state index in [0.29, 0.717) is 6.04 Å². The number of benzene rings is 1. The van der Waals surface area contributed by atoms with Gasteiger partial charge in [0.1, 0.15) is 0 Å². The maximum atomic E-state index is 6.44. The van der Waals surface area contributed by atoms with Crippen LogP contribution in [0, 0.1) is 11.8 Å². The Balaban J connectivity index is 2.21. The van der Waals surface area contributed by atoms with E-state index >= 15 is 0 Å². The van der Waals surface area contributed by atoms with Gasteiger partial charge in [-0.3, -0.25) is 4.90 Å². The topological polar surface area (TPSA) is 29.3 Å². The van der Waals surface area contributed by atoms with Crippen LogP contribution in [0.1, 0.15) is 45.2 Å². The SMILES string of the molecule is CCC(N)C(c1ccc(Br)cc1)N1CCC(C)C(C)C1. The second kappa shape index (κ2) is 7.06. The van der Waals surface area contributed by atoms with Gasteiger partial charge in [0, 0.05) is 23.1 Å². The Kier molecular flexibility index (Phi) is 5.65. The van der Waals surface area contributed by atoms with Crippen molar-refractivity contribution in [1.29, 1.82) is 0 Å². The van der Waals surface area contributed by atoms with Crippen LogP contribution < -0.4 is 5.73 Å². The molecule has 0 radical (unpaired) electrons. The van der Waals surface area contributed by atoms with Gasteiger partial charge in [-0.15, -0.1) is 0 Å². The predicted octanol–water partition coefficient (Wildman–Crippen LogP) is 4.21. The fraction of sp³-hybridized carbons (Fsp3) is 0.647. The van der Waals surface area contributed by atoms with Crippen molar-refractivity contribution in [3.63, 3.8) is 0 Å². The lowest BCUT2D eigenvalue weighted by Gasteiger charge is -2.42. The number of likely N-dealkylation sites (tertiary alicyclic amines) is 1. The lowest BCUT2D eigenvalue weighted by molar-refractivity contribution is 0.0816. The molecule has 1 heterocycles. The van der Waals surface area contributed by atoms with Crippen molar-refractivity contribution in [2.75, 3.05) is 13.1 Å². The molecule has 20 heavy (non-hydrogen) atoms. The van der Waals surface area contributed by atoms with Crippen LogP contribution in [0.3, 0.4) is 0 Å². The molecule has 3 heteroatoms. The smallest absolute Gasteiger partial charge is 0.0499 e. The van der Waals surface area contributed by atoms with Gasteiger partial charge in [-0.2, -0.15) is 0 Å². The van der Waals surface area contributed by atoms with Crippen LogP contribution in [0.5, 0.6) is 0 Å². The molecular formula is C17H27BrN2. The summed E-state index contributed by atoms with van der Waals surface area (Å²) in [5.41, 5.74) is 7.80. The van der Waals surface area contributed by atoms with E-state index in [1.165, 1.54) is 18.5 Å². The van der Waals surface area contributed by atoms with Gasteiger partial charge < -0.3 is 5.73 Å². The summed E-state index contributed by atoms with van der Waals surface area (Å²) in [7, 11) is 0. The van der Waals surface area contributed by atoms with E-state index in [1.54, 1.807) is 0 Å². The molecule has 1 aliphatic rings. The number of rotatable bonds is 4. The molecule has 2 nitrogen and oxygen atoms in total. The Bertz CT molecular complexity index is 418. The second-order valence-corrected chi connectivity index (χ2v) is 7.22. The molecule has 0 spiro atoms. The van der Waals surface area contributed by atoms with Crippen molar-refractivity contribution in [1.82, 2.24) is 4.90 Å². The Hall–Kier alpha value is -0.380. The molecule has 1 aromatic rings. The summed E-state index contributed by atoms with van der Waals surface area (Å²) in [4.78, 5) is 2.60. The summed E-state index contributed by atoms with van der Waals surface area (Å²) in [5, 5.41) is 0. The maximum absolute atomic E-state index is 6.44. The Morgan fingerprint density at radius 2 is 1.90 bits per heavy atom. The highest BCUT2D eigenvalue weighted by molar-refractivity contribution is 9.10. The van der Waals surface area contributed by atoms with Crippen LogP contribution in [0.4, 0.5) is 0 Å². The quantitative estimate of drug-likeness (QED) is 0.891. The van der Waals surface area contributed by atoms with Crippen molar-refractivity contribution >= 4 is 15.9 Å². The molecule has 1 aromatic carbocycles. The van der Waals surface area contributed by atoms with Gasteiger partial charge in [-0.25, -0.2) is 0 Å². The zero-order valence-electron chi connectivity index (χ0n) is 12.8. The molecule has 0 aliphatic carbocycles. The van der Waals surface area contributed by atoms with Crippen LogP contribution in [0.15, 0.2) is 28.7 Å². The van der Waals surface area contributed by atoms with Crippen LogP contribution >= 0.6 is 15.9 Å². The molecule has 1 saturated heterocycles. The summed E-state index contributed by atoms with van der Waals surface area (Å²) in [6.07, 6.45) is 2.30. The Labute approximate surface area is 131 Å². The highest BCUT2D eigenvalue weighted by Gasteiger charge is 2.31. The first-order valence-electron chi connectivity index (χ1n) is 7.78. The van der Waals surface area contributed by atoms with Crippen LogP contribution in [0.2, 0.25) is 0 Å². The molecule has 4 atom stereocenters. The average Bonchev–Trinajstić information content (AvgIpc) is 2.45. The minimum absolute atomic E-state index is 0.205. The van der Waals surface area contributed by atoms with E-state index in [-0.39, 0.29) is 6.04 Å². The van der Waals surface area contributed by atoms with Gasteiger partial charge in [-0.05, 0) is 48.9 Å². The number of hydrogen-bond acceptors (Lipinski definition) is 2. The second-order valence-electron chi connectivity index (χ2n) is 6.31. The minimum atomic E-state index is 0.205. The summed E-state index contributed by atoms with van der Waals surface area (Å²) < 4.78 is 1.13. The molecule has 4 unspecified atom stereocenters. The zero-order valence-corrected chi connectivity index (χ0v) is 14.4. The number of nitrogens with two attached hydrogens (primary N) is 1. The zero-order chi connectivity index (χ0) is 14.7. The average molecular weight is 339 g/mol.